The molecule has 0 saturated carbocycles. The third-order valence-electron chi connectivity index (χ3n) is 4.76. The third kappa shape index (κ3) is 2.97. The SMILES string of the molecule is COc1cc(/C=N\N2C(=O)c3cccc4cccc(c34)C2=O)cc(OC)c1OC. The second kappa shape index (κ2) is 7.27. The van der Waals surface area contributed by atoms with Crippen LogP contribution in [0, 0.1) is 0 Å². The summed E-state index contributed by atoms with van der Waals surface area (Å²) in [5, 5.41) is 6.54. The van der Waals surface area contributed by atoms with E-state index >= 15 is 0 Å². The molecule has 0 unspecified atom stereocenters. The molecule has 3 aromatic carbocycles. The highest BCUT2D eigenvalue weighted by molar-refractivity contribution is 6.25. The second-order valence-corrected chi connectivity index (χ2v) is 6.33. The number of carbonyl (C=O) groups excluding carboxylic acids is 2. The molecule has 0 bridgehead atoms. The van der Waals surface area contributed by atoms with Crippen molar-refractivity contribution in [1.29, 1.82) is 0 Å². The van der Waals surface area contributed by atoms with E-state index in [9.17, 15) is 9.59 Å². The largest absolute Gasteiger partial charge is 0.493 e. The lowest BCUT2D eigenvalue weighted by atomic mass is 9.95. The fraction of sp³-hybridized carbons (Fsp3) is 0.136. The highest BCUT2D eigenvalue weighted by Gasteiger charge is 2.32. The van der Waals surface area contributed by atoms with Crippen molar-refractivity contribution in [3.05, 3.63) is 65.2 Å². The predicted molar refractivity (Wildman–Crippen MR) is 108 cm³/mol. The molecule has 1 aliphatic heterocycles. The van der Waals surface area contributed by atoms with Gasteiger partial charge in [-0.05, 0) is 29.7 Å². The molecular weight excluding hydrogens is 372 g/mol. The van der Waals surface area contributed by atoms with Crippen molar-refractivity contribution in [3.63, 3.8) is 0 Å². The Balaban J connectivity index is 1.75. The first-order valence-electron chi connectivity index (χ1n) is 8.83. The summed E-state index contributed by atoms with van der Waals surface area (Å²) in [4.78, 5) is 25.8. The predicted octanol–water partition coefficient (Wildman–Crippen LogP) is 3.50. The maximum atomic E-state index is 12.9. The molecule has 0 aliphatic carbocycles. The van der Waals surface area contributed by atoms with E-state index in [1.165, 1.54) is 27.5 Å². The highest BCUT2D eigenvalue weighted by atomic mass is 16.5. The van der Waals surface area contributed by atoms with Crippen molar-refractivity contribution in [3.8, 4) is 17.2 Å². The van der Waals surface area contributed by atoms with Crippen molar-refractivity contribution in [1.82, 2.24) is 5.01 Å². The summed E-state index contributed by atoms with van der Waals surface area (Å²) in [7, 11) is 4.53. The monoisotopic (exact) mass is 390 g/mol. The van der Waals surface area contributed by atoms with E-state index in [2.05, 4.69) is 5.10 Å². The molecule has 3 aromatic rings. The number of methoxy groups -OCH3 is 3. The minimum atomic E-state index is -0.469. The van der Waals surface area contributed by atoms with Crippen LogP contribution in [-0.4, -0.2) is 44.4 Å². The zero-order chi connectivity index (χ0) is 20.5. The van der Waals surface area contributed by atoms with Crippen molar-refractivity contribution in [2.24, 2.45) is 5.10 Å². The lowest BCUT2D eigenvalue weighted by molar-refractivity contribution is 0.0616. The molecule has 0 radical (unpaired) electrons. The molecule has 0 aromatic heterocycles. The quantitative estimate of drug-likeness (QED) is 0.492. The first-order chi connectivity index (χ1) is 14.1. The van der Waals surface area contributed by atoms with Crippen molar-refractivity contribution < 1.29 is 23.8 Å². The minimum Gasteiger partial charge on any atom is -0.493 e. The molecule has 2 amide bonds. The normalized spacial score (nSPS) is 13.3. The standard InChI is InChI=1S/C22H18N2O5/c1-27-17-10-13(11-18(28-2)20(17)29-3)12-23-24-21(25)15-8-4-6-14-7-5-9-16(19(14)15)22(24)26/h4-12H,1-3H3/b23-12-. The van der Waals surface area contributed by atoms with Gasteiger partial charge in [0.2, 0.25) is 5.75 Å². The van der Waals surface area contributed by atoms with E-state index in [4.69, 9.17) is 14.2 Å². The van der Waals surface area contributed by atoms with Gasteiger partial charge in [-0.2, -0.15) is 10.1 Å². The van der Waals surface area contributed by atoms with Crippen LogP contribution in [0.25, 0.3) is 10.8 Å². The van der Waals surface area contributed by atoms with Gasteiger partial charge in [0.15, 0.2) is 11.5 Å². The lowest BCUT2D eigenvalue weighted by Crippen LogP contribution is -2.36. The zero-order valence-corrected chi connectivity index (χ0v) is 16.1. The van der Waals surface area contributed by atoms with Crippen LogP contribution in [0.3, 0.4) is 0 Å². The van der Waals surface area contributed by atoms with Crippen LogP contribution in [0.15, 0.2) is 53.6 Å². The van der Waals surface area contributed by atoms with Crippen molar-refractivity contribution >= 4 is 28.8 Å². The minimum absolute atomic E-state index is 0.442. The first kappa shape index (κ1) is 18.5. The summed E-state index contributed by atoms with van der Waals surface area (Å²) in [5.74, 6) is 0.392. The summed E-state index contributed by atoms with van der Waals surface area (Å²) in [6, 6.07) is 14.1. The van der Waals surface area contributed by atoms with Crippen LogP contribution in [-0.2, 0) is 0 Å². The Labute approximate surface area is 167 Å². The van der Waals surface area contributed by atoms with Gasteiger partial charge in [-0.3, -0.25) is 9.59 Å². The number of imide groups is 1. The van der Waals surface area contributed by atoms with Crippen LogP contribution < -0.4 is 14.2 Å². The van der Waals surface area contributed by atoms with Gasteiger partial charge in [0.05, 0.1) is 38.7 Å². The number of hydrogen-bond acceptors (Lipinski definition) is 6. The van der Waals surface area contributed by atoms with Gasteiger partial charge in [0.1, 0.15) is 0 Å². The van der Waals surface area contributed by atoms with Crippen LogP contribution in [0.4, 0.5) is 0 Å². The molecule has 1 aliphatic rings. The molecule has 4 rings (SSSR count). The van der Waals surface area contributed by atoms with E-state index < -0.39 is 11.8 Å². The molecule has 0 N–H and O–H groups in total. The van der Waals surface area contributed by atoms with Gasteiger partial charge in [-0.1, -0.05) is 24.3 Å². The number of hydrazone groups is 1. The topological polar surface area (TPSA) is 77.4 Å². The second-order valence-electron chi connectivity index (χ2n) is 6.33. The third-order valence-corrected chi connectivity index (χ3v) is 4.76. The maximum Gasteiger partial charge on any atom is 0.282 e. The van der Waals surface area contributed by atoms with Gasteiger partial charge < -0.3 is 14.2 Å². The van der Waals surface area contributed by atoms with Crippen molar-refractivity contribution in [2.45, 2.75) is 0 Å². The Kier molecular flexibility index (Phi) is 4.64. The van der Waals surface area contributed by atoms with Crippen LogP contribution in [0.5, 0.6) is 17.2 Å². The molecule has 0 atom stereocenters. The number of carbonyl (C=O) groups is 2. The summed E-state index contributed by atoms with van der Waals surface area (Å²) in [5.41, 5.74) is 1.47. The fourth-order valence-electron chi connectivity index (χ4n) is 3.42. The molecule has 0 fully saturated rings. The average Bonchev–Trinajstić information content (AvgIpc) is 2.76. The number of nitrogens with zero attached hydrogens (tertiary/aromatic N) is 2. The van der Waals surface area contributed by atoms with Crippen molar-refractivity contribution in [2.75, 3.05) is 21.3 Å². The molecule has 0 spiro atoms. The molecule has 0 saturated heterocycles. The Bertz CT molecular complexity index is 1090. The van der Waals surface area contributed by atoms with Crippen LogP contribution in [0.1, 0.15) is 26.3 Å². The van der Waals surface area contributed by atoms with Gasteiger partial charge in [0, 0.05) is 10.9 Å². The average molecular weight is 390 g/mol. The Morgan fingerprint density at radius 2 is 1.38 bits per heavy atom. The van der Waals surface area contributed by atoms with Crippen LogP contribution in [0.2, 0.25) is 0 Å². The maximum absolute atomic E-state index is 12.9. The van der Waals surface area contributed by atoms with Gasteiger partial charge in [-0.25, -0.2) is 0 Å². The number of hydrogen-bond donors (Lipinski definition) is 0. The Morgan fingerprint density at radius 3 is 1.86 bits per heavy atom. The van der Waals surface area contributed by atoms with E-state index in [1.807, 2.05) is 12.1 Å². The first-order valence-corrected chi connectivity index (χ1v) is 8.83. The Morgan fingerprint density at radius 1 is 0.828 bits per heavy atom. The van der Waals surface area contributed by atoms with Gasteiger partial charge in [-0.15, -0.1) is 0 Å². The molecule has 146 valence electrons. The molecular formula is C22H18N2O5. The Hall–Kier alpha value is -3.87. The summed E-state index contributed by atoms with van der Waals surface area (Å²) >= 11 is 0. The van der Waals surface area contributed by atoms with Crippen LogP contribution >= 0.6 is 0 Å². The van der Waals surface area contributed by atoms with E-state index in [-0.39, 0.29) is 0 Å². The van der Waals surface area contributed by atoms with E-state index in [0.717, 1.165) is 10.4 Å². The zero-order valence-electron chi connectivity index (χ0n) is 16.1. The lowest BCUT2D eigenvalue weighted by Gasteiger charge is -2.23. The molecule has 1 heterocycles. The number of benzene rings is 3. The van der Waals surface area contributed by atoms with Gasteiger partial charge in [0.25, 0.3) is 11.8 Å². The number of ether oxygens (including phenoxy) is 3. The smallest absolute Gasteiger partial charge is 0.282 e. The van der Waals surface area contributed by atoms with Gasteiger partial charge >= 0.3 is 0 Å². The number of amides is 2. The summed E-state index contributed by atoms with van der Waals surface area (Å²) in [6.45, 7) is 0. The molecule has 29 heavy (non-hydrogen) atoms. The van der Waals surface area contributed by atoms with E-state index in [0.29, 0.717) is 39.3 Å². The molecule has 7 nitrogen and oxygen atoms in total. The highest BCUT2D eigenvalue weighted by Crippen LogP contribution is 2.38. The molecule has 7 heteroatoms. The number of rotatable bonds is 5. The summed E-state index contributed by atoms with van der Waals surface area (Å²) in [6.07, 6.45) is 1.41. The van der Waals surface area contributed by atoms with E-state index in [1.54, 1.807) is 36.4 Å². The fourth-order valence-corrected chi connectivity index (χ4v) is 3.42. The summed E-state index contributed by atoms with van der Waals surface area (Å²) < 4.78 is 15.9.